The minimum Gasteiger partial charge on any atom is -0.438 e. The van der Waals surface area contributed by atoms with Crippen molar-refractivity contribution in [1.29, 1.82) is 0 Å². The summed E-state index contributed by atoms with van der Waals surface area (Å²) in [6.45, 7) is 2.38. The number of carbonyl (C=O) groups excluding carboxylic acids is 1. The Morgan fingerprint density at radius 1 is 1.69 bits per heavy atom. The van der Waals surface area contributed by atoms with Crippen molar-refractivity contribution in [3.05, 3.63) is 17.8 Å². The van der Waals surface area contributed by atoms with Crippen molar-refractivity contribution in [1.82, 2.24) is 10.3 Å². The quantitative estimate of drug-likeness (QED) is 0.795. The van der Waals surface area contributed by atoms with Crippen LogP contribution in [0.2, 0.25) is 0 Å². The lowest BCUT2D eigenvalue weighted by atomic mass is 10.0. The van der Waals surface area contributed by atoms with E-state index in [1.807, 2.05) is 0 Å². The zero-order valence-electron chi connectivity index (χ0n) is 9.40. The van der Waals surface area contributed by atoms with Crippen LogP contribution >= 0.6 is 0 Å². The number of nitrogens with zero attached hydrogens (tertiary/aromatic N) is 1. The number of hydrogen-bond acceptors (Lipinski definition) is 4. The van der Waals surface area contributed by atoms with E-state index in [0.29, 0.717) is 23.9 Å². The van der Waals surface area contributed by atoms with E-state index >= 15 is 0 Å². The number of rotatable bonds is 3. The van der Waals surface area contributed by atoms with Gasteiger partial charge in [0.15, 0.2) is 6.39 Å². The molecule has 5 heteroatoms. The fourth-order valence-electron chi connectivity index (χ4n) is 2.26. The van der Waals surface area contributed by atoms with E-state index in [4.69, 9.17) is 10.2 Å². The van der Waals surface area contributed by atoms with E-state index in [-0.39, 0.29) is 11.9 Å². The van der Waals surface area contributed by atoms with Crippen LogP contribution in [-0.2, 0) is 0 Å². The van der Waals surface area contributed by atoms with Gasteiger partial charge in [0, 0.05) is 6.04 Å². The molecule has 1 fully saturated rings. The van der Waals surface area contributed by atoms with Gasteiger partial charge in [-0.3, -0.25) is 4.79 Å². The number of amides is 1. The van der Waals surface area contributed by atoms with E-state index in [9.17, 15) is 4.79 Å². The molecule has 1 aromatic rings. The molecule has 2 unspecified atom stereocenters. The van der Waals surface area contributed by atoms with Gasteiger partial charge in [-0.1, -0.05) is 6.42 Å². The third-order valence-corrected chi connectivity index (χ3v) is 3.23. The Hall–Kier alpha value is -1.36. The third kappa shape index (κ3) is 2.09. The average Bonchev–Trinajstić information content (AvgIpc) is 2.86. The molecule has 0 saturated heterocycles. The molecule has 2 rings (SSSR count). The van der Waals surface area contributed by atoms with Gasteiger partial charge in [-0.05, 0) is 32.2 Å². The van der Waals surface area contributed by atoms with Gasteiger partial charge >= 0.3 is 0 Å². The van der Waals surface area contributed by atoms with E-state index in [2.05, 4.69) is 10.3 Å². The molecule has 1 aliphatic rings. The molecule has 0 aliphatic heterocycles. The summed E-state index contributed by atoms with van der Waals surface area (Å²) in [6, 6.07) is 0.182. The van der Waals surface area contributed by atoms with Gasteiger partial charge in [0.05, 0.1) is 5.69 Å². The van der Waals surface area contributed by atoms with Crippen molar-refractivity contribution in [2.45, 2.75) is 32.2 Å². The lowest BCUT2D eigenvalue weighted by Crippen LogP contribution is -2.39. The maximum absolute atomic E-state index is 11.9. The summed E-state index contributed by atoms with van der Waals surface area (Å²) in [6.07, 6.45) is 4.51. The van der Waals surface area contributed by atoms with Gasteiger partial charge in [-0.25, -0.2) is 4.98 Å². The van der Waals surface area contributed by atoms with Crippen molar-refractivity contribution in [2.24, 2.45) is 11.7 Å². The first-order chi connectivity index (χ1) is 7.72. The van der Waals surface area contributed by atoms with Crippen molar-refractivity contribution in [2.75, 3.05) is 6.54 Å². The van der Waals surface area contributed by atoms with Crippen LogP contribution in [-0.4, -0.2) is 23.5 Å². The van der Waals surface area contributed by atoms with Crippen molar-refractivity contribution in [3.63, 3.8) is 0 Å². The normalized spacial score (nSPS) is 24.6. The lowest BCUT2D eigenvalue weighted by Gasteiger charge is -2.18. The fraction of sp³-hybridized carbons (Fsp3) is 0.636. The third-order valence-electron chi connectivity index (χ3n) is 3.23. The molecular weight excluding hydrogens is 206 g/mol. The Labute approximate surface area is 94.4 Å². The van der Waals surface area contributed by atoms with Gasteiger partial charge < -0.3 is 15.5 Å². The number of aromatic nitrogens is 1. The summed E-state index contributed by atoms with van der Waals surface area (Å²) in [4.78, 5) is 15.8. The first-order valence-electron chi connectivity index (χ1n) is 5.63. The zero-order valence-corrected chi connectivity index (χ0v) is 9.40. The Morgan fingerprint density at radius 3 is 3.12 bits per heavy atom. The number of nitrogens with one attached hydrogen (secondary N) is 1. The summed E-state index contributed by atoms with van der Waals surface area (Å²) in [5.74, 6) is 0.523. The minimum atomic E-state index is -0.180. The molecule has 88 valence electrons. The maximum Gasteiger partial charge on any atom is 0.289 e. The number of nitrogens with two attached hydrogens (primary N) is 1. The highest BCUT2D eigenvalue weighted by molar-refractivity contribution is 5.92. The molecule has 1 aliphatic carbocycles. The Bertz CT molecular complexity index is 375. The predicted octanol–water partition coefficient (Wildman–Crippen LogP) is 0.840. The molecule has 1 heterocycles. The van der Waals surface area contributed by atoms with Crippen LogP contribution in [0.1, 0.15) is 35.5 Å². The van der Waals surface area contributed by atoms with Crippen molar-refractivity contribution >= 4 is 5.91 Å². The molecule has 2 atom stereocenters. The number of oxazole rings is 1. The summed E-state index contributed by atoms with van der Waals surface area (Å²) >= 11 is 0. The SMILES string of the molecule is Cc1ncoc1C(=O)NC1CCCC1CN. The number of carbonyl (C=O) groups is 1. The smallest absolute Gasteiger partial charge is 0.289 e. The van der Waals surface area contributed by atoms with E-state index < -0.39 is 0 Å². The molecule has 0 bridgehead atoms. The Morgan fingerprint density at radius 2 is 2.50 bits per heavy atom. The first-order valence-corrected chi connectivity index (χ1v) is 5.63. The highest BCUT2D eigenvalue weighted by atomic mass is 16.3. The standard InChI is InChI=1S/C11H17N3O2/c1-7-10(16-6-13-7)11(15)14-9-4-2-3-8(9)5-12/h6,8-9H,2-5,12H2,1H3,(H,14,15). The Balaban J connectivity index is 2.00. The largest absolute Gasteiger partial charge is 0.438 e. The molecule has 3 N–H and O–H groups in total. The van der Waals surface area contributed by atoms with Gasteiger partial charge in [-0.2, -0.15) is 0 Å². The van der Waals surface area contributed by atoms with E-state index in [1.165, 1.54) is 6.39 Å². The van der Waals surface area contributed by atoms with Crippen LogP contribution in [0.25, 0.3) is 0 Å². The topological polar surface area (TPSA) is 81.2 Å². The van der Waals surface area contributed by atoms with Crippen molar-refractivity contribution in [3.8, 4) is 0 Å². The molecule has 1 saturated carbocycles. The summed E-state index contributed by atoms with van der Waals surface area (Å²) in [5.41, 5.74) is 6.29. The molecule has 1 amide bonds. The fourth-order valence-corrected chi connectivity index (χ4v) is 2.26. The van der Waals surface area contributed by atoms with E-state index in [0.717, 1.165) is 19.3 Å². The van der Waals surface area contributed by atoms with Crippen LogP contribution in [0.3, 0.4) is 0 Å². The zero-order chi connectivity index (χ0) is 11.5. The van der Waals surface area contributed by atoms with Crippen molar-refractivity contribution < 1.29 is 9.21 Å². The molecule has 1 aromatic heterocycles. The molecule has 16 heavy (non-hydrogen) atoms. The second-order valence-corrected chi connectivity index (χ2v) is 4.27. The maximum atomic E-state index is 11.9. The van der Waals surface area contributed by atoms with Crippen LogP contribution in [0.4, 0.5) is 0 Å². The van der Waals surface area contributed by atoms with Gasteiger partial charge in [0.25, 0.3) is 5.91 Å². The monoisotopic (exact) mass is 223 g/mol. The highest BCUT2D eigenvalue weighted by Crippen LogP contribution is 2.24. The summed E-state index contributed by atoms with van der Waals surface area (Å²) in [5, 5.41) is 2.97. The van der Waals surface area contributed by atoms with Gasteiger partial charge in [0.1, 0.15) is 0 Å². The number of aryl methyl sites for hydroxylation is 1. The Kier molecular flexibility index (Phi) is 3.24. The molecule has 0 radical (unpaired) electrons. The average molecular weight is 223 g/mol. The van der Waals surface area contributed by atoms with Crippen LogP contribution < -0.4 is 11.1 Å². The lowest BCUT2D eigenvalue weighted by molar-refractivity contribution is 0.0899. The molecular formula is C11H17N3O2. The minimum absolute atomic E-state index is 0.180. The van der Waals surface area contributed by atoms with Crippen LogP contribution in [0, 0.1) is 12.8 Å². The highest BCUT2D eigenvalue weighted by Gasteiger charge is 2.28. The van der Waals surface area contributed by atoms with Gasteiger partial charge in [0.2, 0.25) is 5.76 Å². The van der Waals surface area contributed by atoms with Crippen LogP contribution in [0.15, 0.2) is 10.8 Å². The van der Waals surface area contributed by atoms with Crippen LogP contribution in [0.5, 0.6) is 0 Å². The van der Waals surface area contributed by atoms with Gasteiger partial charge in [-0.15, -0.1) is 0 Å². The molecule has 0 spiro atoms. The second kappa shape index (κ2) is 4.65. The summed E-state index contributed by atoms with van der Waals surface area (Å²) < 4.78 is 5.05. The predicted molar refractivity (Wildman–Crippen MR) is 58.9 cm³/mol. The first kappa shape index (κ1) is 11.1. The second-order valence-electron chi connectivity index (χ2n) is 4.27. The summed E-state index contributed by atoms with van der Waals surface area (Å²) in [7, 11) is 0. The number of hydrogen-bond donors (Lipinski definition) is 2. The van der Waals surface area contributed by atoms with E-state index in [1.54, 1.807) is 6.92 Å². The molecule has 0 aromatic carbocycles. The molecule has 5 nitrogen and oxygen atoms in total.